The summed E-state index contributed by atoms with van der Waals surface area (Å²) >= 11 is 0. The van der Waals surface area contributed by atoms with Gasteiger partial charge in [0.2, 0.25) is 6.79 Å². The molecular weight excluding hydrogens is 370 g/mol. The van der Waals surface area contributed by atoms with Gasteiger partial charge in [0.15, 0.2) is 11.5 Å². The summed E-state index contributed by atoms with van der Waals surface area (Å²) in [6.45, 7) is 7.42. The van der Waals surface area contributed by atoms with E-state index in [2.05, 4.69) is 16.3 Å². The number of hydrogen-bond acceptors (Lipinski definition) is 5. The minimum absolute atomic E-state index is 0.0124. The van der Waals surface area contributed by atoms with E-state index < -0.39 is 0 Å². The lowest BCUT2D eigenvalue weighted by atomic mass is 10.1. The van der Waals surface area contributed by atoms with Crippen LogP contribution in [0.2, 0.25) is 0 Å². The normalized spacial score (nSPS) is 16.0. The van der Waals surface area contributed by atoms with Gasteiger partial charge in [0.25, 0.3) is 0 Å². The number of carbonyl (C=O) groups excluding carboxylic acids is 1. The SMILES string of the molecule is CCOc1ccc(CNC(=O)N2CCN(Cc3ccc4c(c3)OCO4)CC2)cc1. The molecular formula is C22H27N3O4. The first-order valence-corrected chi connectivity index (χ1v) is 10.1. The molecule has 2 amide bonds. The topological polar surface area (TPSA) is 63.3 Å². The Morgan fingerprint density at radius 1 is 1.00 bits per heavy atom. The summed E-state index contributed by atoms with van der Waals surface area (Å²) in [5.74, 6) is 2.47. The van der Waals surface area contributed by atoms with Crippen molar-refractivity contribution >= 4 is 6.03 Å². The number of amides is 2. The number of urea groups is 1. The number of hydrogen-bond donors (Lipinski definition) is 1. The van der Waals surface area contributed by atoms with Crippen LogP contribution in [0.5, 0.6) is 17.2 Å². The largest absolute Gasteiger partial charge is 0.494 e. The molecule has 29 heavy (non-hydrogen) atoms. The summed E-state index contributed by atoms with van der Waals surface area (Å²) in [6, 6.07) is 13.9. The standard InChI is InChI=1S/C22H27N3O4/c1-2-27-19-6-3-17(4-7-19)14-23-22(26)25-11-9-24(10-12-25)15-18-5-8-20-21(13-18)29-16-28-20/h3-8,13H,2,9-12,14-16H2,1H3,(H,23,26). The molecule has 0 aromatic heterocycles. The van der Waals surface area contributed by atoms with Crippen LogP contribution in [-0.4, -0.2) is 55.4 Å². The Morgan fingerprint density at radius 2 is 1.72 bits per heavy atom. The Morgan fingerprint density at radius 3 is 2.48 bits per heavy atom. The molecule has 2 aliphatic heterocycles. The molecule has 4 rings (SSSR count). The summed E-state index contributed by atoms with van der Waals surface area (Å²) in [5.41, 5.74) is 2.26. The van der Waals surface area contributed by atoms with E-state index in [4.69, 9.17) is 14.2 Å². The van der Waals surface area contributed by atoms with Crippen LogP contribution in [0.25, 0.3) is 0 Å². The van der Waals surface area contributed by atoms with Crippen LogP contribution in [0.1, 0.15) is 18.1 Å². The van der Waals surface area contributed by atoms with E-state index >= 15 is 0 Å². The first kappa shape index (κ1) is 19.4. The molecule has 0 radical (unpaired) electrons. The van der Waals surface area contributed by atoms with E-state index in [1.54, 1.807) is 0 Å². The van der Waals surface area contributed by atoms with Crippen molar-refractivity contribution in [3.63, 3.8) is 0 Å². The molecule has 1 saturated heterocycles. The Labute approximate surface area is 171 Å². The average molecular weight is 397 g/mol. The van der Waals surface area contributed by atoms with Gasteiger partial charge in [0.05, 0.1) is 6.61 Å². The van der Waals surface area contributed by atoms with Crippen LogP contribution in [0.4, 0.5) is 4.79 Å². The zero-order chi connectivity index (χ0) is 20.1. The van der Waals surface area contributed by atoms with Gasteiger partial charge < -0.3 is 24.4 Å². The molecule has 0 saturated carbocycles. The fraction of sp³-hybridized carbons (Fsp3) is 0.409. The quantitative estimate of drug-likeness (QED) is 0.812. The number of ether oxygens (including phenoxy) is 3. The maximum Gasteiger partial charge on any atom is 0.317 e. The van der Waals surface area contributed by atoms with E-state index in [1.807, 2.05) is 48.2 Å². The molecule has 1 fully saturated rings. The highest BCUT2D eigenvalue weighted by Gasteiger charge is 2.21. The molecule has 2 aromatic carbocycles. The average Bonchev–Trinajstić information content (AvgIpc) is 3.22. The first-order chi connectivity index (χ1) is 14.2. The van der Waals surface area contributed by atoms with Gasteiger partial charge in [-0.2, -0.15) is 0 Å². The van der Waals surface area contributed by atoms with Gasteiger partial charge in [-0.15, -0.1) is 0 Å². The summed E-state index contributed by atoms with van der Waals surface area (Å²) in [7, 11) is 0. The van der Waals surface area contributed by atoms with Crippen molar-refractivity contribution in [1.29, 1.82) is 0 Å². The molecule has 7 nitrogen and oxygen atoms in total. The zero-order valence-electron chi connectivity index (χ0n) is 16.7. The lowest BCUT2D eigenvalue weighted by molar-refractivity contribution is 0.135. The van der Waals surface area contributed by atoms with Crippen molar-refractivity contribution in [1.82, 2.24) is 15.1 Å². The molecule has 0 aliphatic carbocycles. The number of carbonyl (C=O) groups is 1. The van der Waals surface area contributed by atoms with Crippen molar-refractivity contribution in [2.45, 2.75) is 20.0 Å². The van der Waals surface area contributed by atoms with E-state index in [0.717, 1.165) is 55.5 Å². The van der Waals surface area contributed by atoms with Crippen molar-refractivity contribution in [2.24, 2.45) is 0 Å². The molecule has 2 heterocycles. The van der Waals surface area contributed by atoms with Crippen LogP contribution >= 0.6 is 0 Å². The third-order valence-corrected chi connectivity index (χ3v) is 5.18. The van der Waals surface area contributed by atoms with Gasteiger partial charge in [-0.05, 0) is 42.3 Å². The second-order valence-corrected chi connectivity index (χ2v) is 7.19. The van der Waals surface area contributed by atoms with Gasteiger partial charge >= 0.3 is 6.03 Å². The van der Waals surface area contributed by atoms with Crippen LogP contribution < -0.4 is 19.5 Å². The van der Waals surface area contributed by atoms with Crippen molar-refractivity contribution in [3.05, 3.63) is 53.6 Å². The highest BCUT2D eigenvalue weighted by Crippen LogP contribution is 2.32. The van der Waals surface area contributed by atoms with Gasteiger partial charge in [-0.3, -0.25) is 4.90 Å². The molecule has 0 unspecified atom stereocenters. The predicted molar refractivity (Wildman–Crippen MR) is 109 cm³/mol. The highest BCUT2D eigenvalue weighted by molar-refractivity contribution is 5.74. The van der Waals surface area contributed by atoms with Gasteiger partial charge in [-0.1, -0.05) is 18.2 Å². The first-order valence-electron chi connectivity index (χ1n) is 10.1. The smallest absolute Gasteiger partial charge is 0.317 e. The van der Waals surface area contributed by atoms with Crippen LogP contribution in [0, 0.1) is 0 Å². The number of fused-ring (bicyclic) bond motifs is 1. The lowest BCUT2D eigenvalue weighted by Crippen LogP contribution is -2.51. The van der Waals surface area contributed by atoms with E-state index in [-0.39, 0.29) is 6.03 Å². The third kappa shape index (κ3) is 4.92. The van der Waals surface area contributed by atoms with Crippen molar-refractivity contribution in [2.75, 3.05) is 39.6 Å². The van der Waals surface area contributed by atoms with E-state index in [9.17, 15) is 4.79 Å². The Bertz CT molecular complexity index is 832. The molecule has 2 aromatic rings. The number of rotatable bonds is 6. The Balaban J connectivity index is 1.21. The predicted octanol–water partition coefficient (Wildman–Crippen LogP) is 2.84. The third-order valence-electron chi connectivity index (χ3n) is 5.18. The van der Waals surface area contributed by atoms with Gasteiger partial charge in [0, 0.05) is 39.3 Å². The van der Waals surface area contributed by atoms with E-state index in [0.29, 0.717) is 19.9 Å². The minimum atomic E-state index is -0.0124. The molecule has 154 valence electrons. The van der Waals surface area contributed by atoms with Crippen LogP contribution in [-0.2, 0) is 13.1 Å². The van der Waals surface area contributed by atoms with Crippen molar-refractivity contribution in [3.8, 4) is 17.2 Å². The Hall–Kier alpha value is -2.93. The number of piperazine rings is 1. The summed E-state index contributed by atoms with van der Waals surface area (Å²) in [5, 5.41) is 3.01. The molecule has 0 spiro atoms. The fourth-order valence-corrected chi connectivity index (χ4v) is 3.57. The Kier molecular flexibility index (Phi) is 6.05. The second-order valence-electron chi connectivity index (χ2n) is 7.19. The molecule has 0 atom stereocenters. The summed E-state index contributed by atoms with van der Waals surface area (Å²) in [6.07, 6.45) is 0. The molecule has 2 aliphatic rings. The van der Waals surface area contributed by atoms with Crippen LogP contribution in [0.15, 0.2) is 42.5 Å². The number of benzene rings is 2. The van der Waals surface area contributed by atoms with Crippen LogP contribution in [0.3, 0.4) is 0 Å². The molecule has 0 bridgehead atoms. The van der Waals surface area contributed by atoms with Gasteiger partial charge in [0.1, 0.15) is 5.75 Å². The highest BCUT2D eigenvalue weighted by atomic mass is 16.7. The molecule has 7 heteroatoms. The zero-order valence-corrected chi connectivity index (χ0v) is 16.7. The lowest BCUT2D eigenvalue weighted by Gasteiger charge is -2.34. The maximum atomic E-state index is 12.5. The summed E-state index contributed by atoms with van der Waals surface area (Å²) < 4.78 is 16.3. The monoisotopic (exact) mass is 397 g/mol. The van der Waals surface area contributed by atoms with Gasteiger partial charge in [-0.25, -0.2) is 4.79 Å². The summed E-state index contributed by atoms with van der Waals surface area (Å²) in [4.78, 5) is 16.7. The number of nitrogens with one attached hydrogen (secondary N) is 1. The van der Waals surface area contributed by atoms with Crippen molar-refractivity contribution < 1.29 is 19.0 Å². The maximum absolute atomic E-state index is 12.5. The second kappa shape index (κ2) is 9.05. The molecule has 1 N–H and O–H groups in total. The van der Waals surface area contributed by atoms with E-state index in [1.165, 1.54) is 5.56 Å². The minimum Gasteiger partial charge on any atom is -0.494 e. The number of nitrogens with zero attached hydrogens (tertiary/aromatic N) is 2. The fourth-order valence-electron chi connectivity index (χ4n) is 3.57.